The smallest absolute Gasteiger partial charge is 0.253 e. The van der Waals surface area contributed by atoms with E-state index in [9.17, 15) is 13.2 Å². The van der Waals surface area contributed by atoms with Crippen molar-refractivity contribution >= 4 is 27.5 Å². The summed E-state index contributed by atoms with van der Waals surface area (Å²) in [4.78, 5) is 13.2. The number of nitrogens with zero attached hydrogens (tertiary/aromatic N) is 1. The van der Waals surface area contributed by atoms with Crippen LogP contribution in [0.15, 0.2) is 47.4 Å². The fraction of sp³-hybridized carbons (Fsp3) is 0.435. The van der Waals surface area contributed by atoms with E-state index in [0.717, 1.165) is 30.6 Å². The fourth-order valence-corrected chi connectivity index (χ4v) is 5.49. The van der Waals surface area contributed by atoms with Gasteiger partial charge in [0.25, 0.3) is 5.91 Å². The zero-order valence-corrected chi connectivity index (χ0v) is 19.7. The topological polar surface area (TPSA) is 75.7 Å². The number of carbonyl (C=O) groups is 1. The molecular formula is C23H29ClN2O4S. The molecule has 1 aliphatic rings. The molecule has 1 atom stereocenters. The van der Waals surface area contributed by atoms with E-state index < -0.39 is 15.9 Å². The largest absolute Gasteiger partial charge is 0.497 e. The second-order valence-electron chi connectivity index (χ2n) is 8.18. The molecule has 168 valence electrons. The number of methoxy groups -OCH3 is 1. The van der Waals surface area contributed by atoms with Gasteiger partial charge in [0.15, 0.2) is 0 Å². The molecule has 0 aliphatic carbocycles. The number of halogens is 1. The molecular weight excluding hydrogens is 436 g/mol. The van der Waals surface area contributed by atoms with Crippen LogP contribution in [0.5, 0.6) is 5.75 Å². The van der Waals surface area contributed by atoms with E-state index in [0.29, 0.717) is 19.0 Å². The lowest BCUT2D eigenvalue weighted by Crippen LogP contribution is -2.31. The highest BCUT2D eigenvalue weighted by Crippen LogP contribution is 2.28. The maximum atomic E-state index is 13.1. The van der Waals surface area contributed by atoms with Crippen LogP contribution in [-0.4, -0.2) is 38.8 Å². The van der Waals surface area contributed by atoms with E-state index in [-0.39, 0.29) is 21.5 Å². The zero-order chi connectivity index (χ0) is 22.6. The lowest BCUT2D eigenvalue weighted by molar-refractivity contribution is 0.0932. The third-order valence-corrected chi connectivity index (χ3v) is 7.64. The van der Waals surface area contributed by atoms with Crippen LogP contribution in [0.4, 0.5) is 0 Å². The average Bonchev–Trinajstić information content (AvgIpc) is 3.29. The molecule has 0 radical (unpaired) electrons. The predicted molar refractivity (Wildman–Crippen MR) is 122 cm³/mol. The fourth-order valence-electron chi connectivity index (χ4n) is 3.74. The molecule has 0 aromatic heterocycles. The molecule has 3 rings (SSSR count). The van der Waals surface area contributed by atoms with Gasteiger partial charge in [-0.2, -0.15) is 4.31 Å². The normalized spacial score (nSPS) is 15.8. The van der Waals surface area contributed by atoms with Gasteiger partial charge in [-0.1, -0.05) is 37.6 Å². The predicted octanol–water partition coefficient (Wildman–Crippen LogP) is 4.65. The van der Waals surface area contributed by atoms with Gasteiger partial charge in [-0.25, -0.2) is 8.42 Å². The minimum atomic E-state index is -3.64. The Kier molecular flexibility index (Phi) is 7.62. The van der Waals surface area contributed by atoms with E-state index in [1.165, 1.54) is 22.5 Å². The summed E-state index contributed by atoms with van der Waals surface area (Å²) < 4.78 is 32.5. The second kappa shape index (κ2) is 10.0. The molecule has 31 heavy (non-hydrogen) atoms. The monoisotopic (exact) mass is 464 g/mol. The standard InChI is InChI=1S/C23H29ClN2O4S/c1-16(2)14-22(17-6-8-18(30-3)9-7-17)25-23(27)20-15-19(10-11-21(20)24)31(28,29)26-12-4-5-13-26/h6-11,15-16,22H,4-5,12-14H2,1-3H3,(H,25,27). The molecule has 1 fully saturated rings. The van der Waals surface area contributed by atoms with E-state index in [4.69, 9.17) is 16.3 Å². The first-order valence-corrected chi connectivity index (χ1v) is 12.3. The number of rotatable bonds is 8. The quantitative estimate of drug-likeness (QED) is 0.617. The van der Waals surface area contributed by atoms with Crippen molar-refractivity contribution in [2.45, 2.75) is 44.0 Å². The highest BCUT2D eigenvalue weighted by atomic mass is 35.5. The first-order valence-electron chi connectivity index (χ1n) is 10.5. The Bertz CT molecular complexity index is 1020. The third kappa shape index (κ3) is 5.59. The first kappa shape index (κ1) is 23.6. The van der Waals surface area contributed by atoms with Crippen molar-refractivity contribution in [3.63, 3.8) is 0 Å². The van der Waals surface area contributed by atoms with Crippen LogP contribution >= 0.6 is 11.6 Å². The van der Waals surface area contributed by atoms with Crippen molar-refractivity contribution in [3.8, 4) is 5.75 Å². The summed E-state index contributed by atoms with van der Waals surface area (Å²) in [5, 5.41) is 3.25. The van der Waals surface area contributed by atoms with Crippen molar-refractivity contribution in [3.05, 3.63) is 58.6 Å². The summed E-state index contributed by atoms with van der Waals surface area (Å²) in [7, 11) is -2.03. The van der Waals surface area contributed by atoms with Gasteiger partial charge in [0.05, 0.1) is 28.6 Å². The molecule has 1 heterocycles. The molecule has 0 spiro atoms. The molecule has 0 bridgehead atoms. The summed E-state index contributed by atoms with van der Waals surface area (Å²) in [5.41, 5.74) is 1.10. The van der Waals surface area contributed by atoms with Crippen LogP contribution in [0.3, 0.4) is 0 Å². The van der Waals surface area contributed by atoms with Gasteiger partial charge in [0, 0.05) is 13.1 Å². The molecule has 1 N–H and O–H groups in total. The Balaban J connectivity index is 1.87. The number of sulfonamides is 1. The van der Waals surface area contributed by atoms with Gasteiger partial charge in [0.1, 0.15) is 5.75 Å². The molecule has 8 heteroatoms. The lowest BCUT2D eigenvalue weighted by Gasteiger charge is -2.22. The summed E-state index contributed by atoms with van der Waals surface area (Å²) in [6, 6.07) is 11.6. The van der Waals surface area contributed by atoms with Crippen LogP contribution in [0.25, 0.3) is 0 Å². The molecule has 1 amide bonds. The second-order valence-corrected chi connectivity index (χ2v) is 10.5. The van der Waals surface area contributed by atoms with Crippen LogP contribution in [0, 0.1) is 5.92 Å². The maximum Gasteiger partial charge on any atom is 0.253 e. The number of hydrogen-bond acceptors (Lipinski definition) is 4. The Morgan fingerprint density at radius 2 is 1.77 bits per heavy atom. The van der Waals surface area contributed by atoms with E-state index in [1.54, 1.807) is 7.11 Å². The van der Waals surface area contributed by atoms with Crippen molar-refractivity contribution in [1.82, 2.24) is 9.62 Å². The minimum Gasteiger partial charge on any atom is -0.497 e. The first-order chi connectivity index (χ1) is 14.7. The summed E-state index contributed by atoms with van der Waals surface area (Å²) in [6.07, 6.45) is 2.42. The van der Waals surface area contributed by atoms with Crippen molar-refractivity contribution in [1.29, 1.82) is 0 Å². The maximum absolute atomic E-state index is 13.1. The molecule has 1 saturated heterocycles. The summed E-state index contributed by atoms with van der Waals surface area (Å²) in [6.45, 7) is 5.17. The van der Waals surface area contributed by atoms with Gasteiger partial charge in [0.2, 0.25) is 10.0 Å². The number of ether oxygens (including phenoxy) is 1. The minimum absolute atomic E-state index is 0.0915. The van der Waals surface area contributed by atoms with Crippen molar-refractivity contribution in [2.75, 3.05) is 20.2 Å². The highest BCUT2D eigenvalue weighted by molar-refractivity contribution is 7.89. The SMILES string of the molecule is COc1ccc(C(CC(C)C)NC(=O)c2cc(S(=O)(=O)N3CCCC3)ccc2Cl)cc1. The van der Waals surface area contributed by atoms with Crippen LogP contribution < -0.4 is 10.1 Å². The molecule has 2 aromatic carbocycles. The Hall–Kier alpha value is -2.09. The summed E-state index contributed by atoms with van der Waals surface area (Å²) in [5.74, 6) is 0.677. The molecule has 1 unspecified atom stereocenters. The van der Waals surface area contributed by atoms with Crippen molar-refractivity contribution < 1.29 is 17.9 Å². The lowest BCUT2D eigenvalue weighted by atomic mass is 9.96. The van der Waals surface area contributed by atoms with E-state index >= 15 is 0 Å². The van der Waals surface area contributed by atoms with E-state index in [2.05, 4.69) is 19.2 Å². The number of amides is 1. The number of carbonyl (C=O) groups excluding carboxylic acids is 1. The molecule has 6 nitrogen and oxygen atoms in total. The van der Waals surface area contributed by atoms with Gasteiger partial charge < -0.3 is 10.1 Å². The van der Waals surface area contributed by atoms with Gasteiger partial charge >= 0.3 is 0 Å². The van der Waals surface area contributed by atoms with E-state index in [1.807, 2.05) is 24.3 Å². The Morgan fingerprint density at radius 1 is 1.13 bits per heavy atom. The summed E-state index contributed by atoms with van der Waals surface area (Å²) >= 11 is 6.29. The number of nitrogens with one attached hydrogen (secondary N) is 1. The highest BCUT2D eigenvalue weighted by Gasteiger charge is 2.28. The molecule has 1 aliphatic heterocycles. The van der Waals surface area contributed by atoms with Crippen LogP contribution in [-0.2, 0) is 10.0 Å². The van der Waals surface area contributed by atoms with Crippen LogP contribution in [0.2, 0.25) is 5.02 Å². The van der Waals surface area contributed by atoms with Crippen molar-refractivity contribution in [2.24, 2.45) is 5.92 Å². The Labute approximate surface area is 189 Å². The zero-order valence-electron chi connectivity index (χ0n) is 18.1. The van der Waals surface area contributed by atoms with Gasteiger partial charge in [-0.05, 0) is 61.1 Å². The third-order valence-electron chi connectivity index (χ3n) is 5.42. The number of hydrogen-bond donors (Lipinski definition) is 1. The van der Waals surface area contributed by atoms with Gasteiger partial charge in [-0.15, -0.1) is 0 Å². The number of benzene rings is 2. The molecule has 0 saturated carbocycles. The molecule has 2 aromatic rings. The van der Waals surface area contributed by atoms with Gasteiger partial charge in [-0.3, -0.25) is 4.79 Å². The average molecular weight is 465 g/mol. The Morgan fingerprint density at radius 3 is 2.35 bits per heavy atom. The van der Waals surface area contributed by atoms with Crippen LogP contribution in [0.1, 0.15) is 55.1 Å².